The van der Waals surface area contributed by atoms with Gasteiger partial charge in [-0.1, -0.05) is 35.7 Å². The molecule has 0 aromatic heterocycles. The number of hydrogen-bond donors (Lipinski definition) is 2. The van der Waals surface area contributed by atoms with Crippen molar-refractivity contribution < 1.29 is 10.2 Å². The van der Waals surface area contributed by atoms with Gasteiger partial charge < -0.3 is 10.2 Å². The van der Waals surface area contributed by atoms with Crippen LogP contribution in [-0.4, -0.2) is 40.9 Å². The number of nitrogens with zero attached hydrogens (tertiary/aromatic N) is 1. The lowest BCUT2D eigenvalue weighted by Crippen LogP contribution is -2.42. The second-order valence-corrected chi connectivity index (χ2v) is 6.07. The molecule has 3 heteroatoms. The summed E-state index contributed by atoms with van der Waals surface area (Å²) in [4.78, 5) is 2.33. The van der Waals surface area contributed by atoms with E-state index < -0.39 is 6.10 Å². The molecule has 1 atom stereocenters. The van der Waals surface area contributed by atoms with Gasteiger partial charge in [-0.3, -0.25) is 4.90 Å². The minimum Gasteiger partial charge on any atom is -0.395 e. The Morgan fingerprint density at radius 2 is 1.80 bits per heavy atom. The second-order valence-electron chi connectivity index (χ2n) is 6.07. The monoisotopic (exact) mass is 277 g/mol. The molecule has 0 bridgehead atoms. The van der Waals surface area contributed by atoms with Gasteiger partial charge in [0.1, 0.15) is 0 Å². The quantitative estimate of drug-likeness (QED) is 0.805. The van der Waals surface area contributed by atoms with Crippen molar-refractivity contribution in [2.75, 3.05) is 19.7 Å². The Labute approximate surface area is 122 Å². The summed E-state index contributed by atoms with van der Waals surface area (Å²) in [5.41, 5.74) is 3.41. The minimum atomic E-state index is -0.408. The molecule has 1 aliphatic carbocycles. The zero-order valence-electron chi connectivity index (χ0n) is 12.7. The molecular formula is C17H27NO2. The highest BCUT2D eigenvalue weighted by Gasteiger charge is 2.24. The molecule has 0 amide bonds. The molecule has 0 saturated heterocycles. The van der Waals surface area contributed by atoms with Crippen molar-refractivity contribution in [1.29, 1.82) is 0 Å². The predicted octanol–water partition coefficient (Wildman–Crippen LogP) is 2.57. The van der Waals surface area contributed by atoms with Crippen LogP contribution in [0.5, 0.6) is 0 Å². The van der Waals surface area contributed by atoms with Gasteiger partial charge in [-0.2, -0.15) is 0 Å². The summed E-state index contributed by atoms with van der Waals surface area (Å²) in [7, 11) is 0. The lowest BCUT2D eigenvalue weighted by atomic mass is 9.91. The summed E-state index contributed by atoms with van der Waals surface area (Å²) in [6.07, 6.45) is 4.10. The van der Waals surface area contributed by atoms with E-state index in [1.54, 1.807) is 0 Å². The van der Waals surface area contributed by atoms with Gasteiger partial charge in [-0.15, -0.1) is 0 Å². The average molecular weight is 277 g/mol. The molecule has 1 unspecified atom stereocenters. The normalized spacial score (nSPS) is 17.2. The Hall–Kier alpha value is -0.900. The van der Waals surface area contributed by atoms with Gasteiger partial charge in [-0.25, -0.2) is 0 Å². The molecule has 0 heterocycles. The average Bonchev–Trinajstić information content (AvgIpc) is 2.32. The number of hydrogen-bond acceptors (Lipinski definition) is 3. The minimum absolute atomic E-state index is 0.205. The van der Waals surface area contributed by atoms with Gasteiger partial charge in [-0.05, 0) is 38.7 Å². The molecule has 20 heavy (non-hydrogen) atoms. The van der Waals surface area contributed by atoms with Crippen LogP contribution in [0.3, 0.4) is 0 Å². The Morgan fingerprint density at radius 3 is 2.30 bits per heavy atom. The molecule has 112 valence electrons. The van der Waals surface area contributed by atoms with Gasteiger partial charge in [0, 0.05) is 19.1 Å². The Morgan fingerprint density at radius 1 is 1.15 bits per heavy atom. The van der Waals surface area contributed by atoms with E-state index in [2.05, 4.69) is 36.9 Å². The van der Waals surface area contributed by atoms with Crippen LogP contribution in [0.15, 0.2) is 18.2 Å². The zero-order valence-corrected chi connectivity index (χ0v) is 12.7. The van der Waals surface area contributed by atoms with Crippen LogP contribution in [0.1, 0.15) is 48.5 Å². The molecule has 1 aliphatic rings. The van der Waals surface area contributed by atoms with Gasteiger partial charge in [0.25, 0.3) is 0 Å². The van der Waals surface area contributed by atoms with Gasteiger partial charge in [0.2, 0.25) is 0 Å². The molecular weight excluding hydrogens is 250 g/mol. The van der Waals surface area contributed by atoms with Gasteiger partial charge in [0.05, 0.1) is 12.7 Å². The van der Waals surface area contributed by atoms with Crippen LogP contribution < -0.4 is 0 Å². The standard InChI is InChI=1S/C17H27NO2/c1-13-10-14(2)12-15(11-13)17(20)6-7-18(8-9-19)16-4-3-5-16/h10-12,16-17,19-20H,3-9H2,1-2H3. The van der Waals surface area contributed by atoms with Crippen molar-refractivity contribution in [2.45, 2.75) is 51.7 Å². The van der Waals surface area contributed by atoms with Crippen LogP contribution in [0.25, 0.3) is 0 Å². The number of benzene rings is 1. The topological polar surface area (TPSA) is 43.7 Å². The summed E-state index contributed by atoms with van der Waals surface area (Å²) in [6.45, 7) is 5.92. The highest BCUT2D eigenvalue weighted by atomic mass is 16.3. The number of aliphatic hydroxyl groups excluding tert-OH is 2. The van der Waals surface area contributed by atoms with E-state index in [1.165, 1.54) is 30.4 Å². The molecule has 1 fully saturated rings. The third-order valence-corrected chi connectivity index (χ3v) is 4.30. The van der Waals surface area contributed by atoms with Crippen LogP contribution >= 0.6 is 0 Å². The Kier molecular flexibility index (Phi) is 5.58. The lowest BCUT2D eigenvalue weighted by Gasteiger charge is -2.37. The van der Waals surface area contributed by atoms with E-state index in [0.29, 0.717) is 6.04 Å². The van der Waals surface area contributed by atoms with Crippen LogP contribution in [0, 0.1) is 13.8 Å². The number of aryl methyl sites for hydroxylation is 2. The van der Waals surface area contributed by atoms with E-state index >= 15 is 0 Å². The maximum atomic E-state index is 10.4. The van der Waals surface area contributed by atoms with Crippen molar-refractivity contribution in [1.82, 2.24) is 4.90 Å². The van der Waals surface area contributed by atoms with E-state index in [1.807, 2.05) is 0 Å². The second kappa shape index (κ2) is 7.21. The van der Waals surface area contributed by atoms with Crippen molar-refractivity contribution in [3.05, 3.63) is 34.9 Å². The molecule has 1 saturated carbocycles. The molecule has 0 spiro atoms. The maximum absolute atomic E-state index is 10.4. The molecule has 3 nitrogen and oxygen atoms in total. The molecule has 1 aromatic rings. The van der Waals surface area contributed by atoms with E-state index in [-0.39, 0.29) is 6.61 Å². The first-order valence-electron chi connectivity index (χ1n) is 7.71. The van der Waals surface area contributed by atoms with Crippen molar-refractivity contribution in [2.24, 2.45) is 0 Å². The first-order valence-corrected chi connectivity index (χ1v) is 7.71. The van der Waals surface area contributed by atoms with E-state index in [9.17, 15) is 5.11 Å². The van der Waals surface area contributed by atoms with Crippen LogP contribution in [0.4, 0.5) is 0 Å². The van der Waals surface area contributed by atoms with Crippen LogP contribution in [0.2, 0.25) is 0 Å². The molecule has 1 aromatic carbocycles. The highest BCUT2D eigenvalue weighted by molar-refractivity contribution is 5.29. The van der Waals surface area contributed by atoms with Crippen molar-refractivity contribution >= 4 is 0 Å². The summed E-state index contributed by atoms with van der Waals surface area (Å²) < 4.78 is 0. The van der Waals surface area contributed by atoms with E-state index in [0.717, 1.165) is 25.1 Å². The number of rotatable bonds is 7. The summed E-state index contributed by atoms with van der Waals surface area (Å²) in [5, 5.41) is 19.5. The molecule has 2 rings (SSSR count). The lowest BCUT2D eigenvalue weighted by molar-refractivity contribution is 0.0765. The highest BCUT2D eigenvalue weighted by Crippen LogP contribution is 2.26. The van der Waals surface area contributed by atoms with Crippen molar-refractivity contribution in [3.63, 3.8) is 0 Å². The first kappa shape index (κ1) is 15.5. The fourth-order valence-electron chi connectivity index (χ4n) is 3.01. The van der Waals surface area contributed by atoms with E-state index in [4.69, 9.17) is 5.11 Å². The van der Waals surface area contributed by atoms with Gasteiger partial charge in [0.15, 0.2) is 0 Å². The SMILES string of the molecule is Cc1cc(C)cc(C(O)CCN(CCO)C2CCC2)c1. The largest absolute Gasteiger partial charge is 0.395 e. The fraction of sp³-hybridized carbons (Fsp3) is 0.647. The number of aliphatic hydroxyl groups is 2. The summed E-state index contributed by atoms with van der Waals surface area (Å²) >= 11 is 0. The predicted molar refractivity (Wildman–Crippen MR) is 81.8 cm³/mol. The molecule has 2 N–H and O–H groups in total. The van der Waals surface area contributed by atoms with Crippen molar-refractivity contribution in [3.8, 4) is 0 Å². The zero-order chi connectivity index (χ0) is 14.5. The van der Waals surface area contributed by atoms with Gasteiger partial charge >= 0.3 is 0 Å². The van der Waals surface area contributed by atoms with Crippen LogP contribution in [-0.2, 0) is 0 Å². The summed E-state index contributed by atoms with van der Waals surface area (Å²) in [5.74, 6) is 0. The smallest absolute Gasteiger partial charge is 0.0802 e. The summed E-state index contributed by atoms with van der Waals surface area (Å²) in [6, 6.07) is 6.88. The molecule has 0 radical (unpaired) electrons. The maximum Gasteiger partial charge on any atom is 0.0802 e. The first-order chi connectivity index (χ1) is 9.60. The third-order valence-electron chi connectivity index (χ3n) is 4.30. The molecule has 0 aliphatic heterocycles. The third kappa shape index (κ3) is 4.05. The Balaban J connectivity index is 1.90. The fourth-order valence-corrected chi connectivity index (χ4v) is 3.01. The Bertz CT molecular complexity index is 409.